The van der Waals surface area contributed by atoms with Crippen molar-refractivity contribution in [3.8, 4) is 0 Å². The number of hydrogen-bond donors (Lipinski definition) is 1. The van der Waals surface area contributed by atoms with Crippen molar-refractivity contribution in [3.63, 3.8) is 0 Å². The van der Waals surface area contributed by atoms with E-state index in [4.69, 9.17) is 17.3 Å². The zero-order valence-electron chi connectivity index (χ0n) is 9.81. The lowest BCUT2D eigenvalue weighted by Crippen LogP contribution is -2.08. The summed E-state index contributed by atoms with van der Waals surface area (Å²) in [5.74, 6) is -0.918. The van der Waals surface area contributed by atoms with Gasteiger partial charge in [-0.3, -0.25) is 0 Å². The molecule has 0 aliphatic heterocycles. The maximum atomic E-state index is 13.1. The van der Waals surface area contributed by atoms with Crippen LogP contribution in [-0.4, -0.2) is 8.42 Å². The molecule has 0 unspecified atom stereocenters. The molecule has 19 heavy (non-hydrogen) atoms. The van der Waals surface area contributed by atoms with E-state index in [1.54, 1.807) is 12.1 Å². The van der Waals surface area contributed by atoms with Gasteiger partial charge in [-0.2, -0.15) is 0 Å². The Balaban J connectivity index is 2.43. The third-order valence-electron chi connectivity index (χ3n) is 2.62. The fourth-order valence-electron chi connectivity index (χ4n) is 1.68. The van der Waals surface area contributed by atoms with Crippen molar-refractivity contribution < 1.29 is 12.8 Å². The van der Waals surface area contributed by atoms with E-state index in [9.17, 15) is 12.8 Å². The first kappa shape index (κ1) is 13.8. The normalized spacial score (nSPS) is 11.5. The molecule has 6 heteroatoms. The molecular weight excluding hydrogens is 289 g/mol. The molecule has 0 saturated carbocycles. The number of halogens is 2. The lowest BCUT2D eigenvalue weighted by atomic mass is 10.2. The number of nitrogens with two attached hydrogens (primary N) is 1. The molecule has 0 fully saturated rings. The van der Waals surface area contributed by atoms with Gasteiger partial charge in [0.25, 0.3) is 0 Å². The van der Waals surface area contributed by atoms with Crippen LogP contribution >= 0.6 is 11.6 Å². The predicted octanol–water partition coefficient (Wildman–Crippen LogP) is 3.04. The molecule has 0 aromatic heterocycles. The lowest BCUT2D eigenvalue weighted by Gasteiger charge is -2.08. The van der Waals surface area contributed by atoms with Crippen molar-refractivity contribution >= 4 is 27.1 Å². The number of sulfone groups is 1. The third-order valence-corrected chi connectivity index (χ3v) is 4.78. The van der Waals surface area contributed by atoms with Gasteiger partial charge >= 0.3 is 0 Å². The van der Waals surface area contributed by atoms with Gasteiger partial charge in [0.2, 0.25) is 0 Å². The first-order valence-corrected chi connectivity index (χ1v) is 7.44. The van der Waals surface area contributed by atoms with Crippen molar-refractivity contribution in [2.75, 3.05) is 5.73 Å². The Bertz CT molecular complexity index is 716. The van der Waals surface area contributed by atoms with E-state index in [1.165, 1.54) is 24.3 Å². The summed E-state index contributed by atoms with van der Waals surface area (Å²) in [7, 11) is -3.66. The van der Waals surface area contributed by atoms with Crippen LogP contribution in [0.15, 0.2) is 47.4 Å². The lowest BCUT2D eigenvalue weighted by molar-refractivity contribution is 0.595. The molecule has 0 aliphatic rings. The Hall–Kier alpha value is -1.59. The first-order chi connectivity index (χ1) is 8.90. The highest BCUT2D eigenvalue weighted by molar-refractivity contribution is 7.90. The van der Waals surface area contributed by atoms with Crippen molar-refractivity contribution in [3.05, 3.63) is 58.9 Å². The van der Waals surface area contributed by atoms with Crippen LogP contribution in [0, 0.1) is 5.82 Å². The van der Waals surface area contributed by atoms with Gasteiger partial charge in [-0.25, -0.2) is 12.8 Å². The van der Waals surface area contributed by atoms with Crippen LogP contribution in [-0.2, 0) is 15.6 Å². The molecule has 0 radical (unpaired) electrons. The van der Waals surface area contributed by atoms with Gasteiger partial charge in [0.1, 0.15) is 5.82 Å². The molecule has 3 nitrogen and oxygen atoms in total. The number of anilines is 1. The Morgan fingerprint density at radius 1 is 1.16 bits per heavy atom. The SMILES string of the molecule is Nc1ccc(F)cc1CS(=O)(=O)c1ccccc1Cl. The summed E-state index contributed by atoms with van der Waals surface area (Å²) in [6, 6.07) is 9.75. The fourth-order valence-corrected chi connectivity index (χ4v) is 3.63. The van der Waals surface area contributed by atoms with E-state index < -0.39 is 15.7 Å². The topological polar surface area (TPSA) is 60.2 Å². The molecule has 0 heterocycles. The maximum Gasteiger partial charge on any atom is 0.184 e. The van der Waals surface area contributed by atoms with Crippen LogP contribution in [0.3, 0.4) is 0 Å². The minimum atomic E-state index is -3.66. The molecule has 0 atom stereocenters. The van der Waals surface area contributed by atoms with Crippen molar-refractivity contribution in [2.45, 2.75) is 10.6 Å². The van der Waals surface area contributed by atoms with Gasteiger partial charge in [0, 0.05) is 5.69 Å². The molecule has 0 bridgehead atoms. The zero-order valence-corrected chi connectivity index (χ0v) is 11.4. The summed E-state index contributed by atoms with van der Waals surface area (Å²) in [5, 5.41) is 0.137. The number of hydrogen-bond acceptors (Lipinski definition) is 3. The van der Waals surface area contributed by atoms with E-state index in [1.807, 2.05) is 0 Å². The summed E-state index contributed by atoms with van der Waals surface area (Å²) in [5.41, 5.74) is 6.10. The Kier molecular flexibility index (Phi) is 3.78. The van der Waals surface area contributed by atoms with Crippen LogP contribution in [0.4, 0.5) is 10.1 Å². The number of benzene rings is 2. The Labute approximate surface area is 115 Å². The van der Waals surface area contributed by atoms with Crippen molar-refractivity contribution in [1.29, 1.82) is 0 Å². The molecule has 0 spiro atoms. The number of rotatable bonds is 3. The second-order valence-corrected chi connectivity index (χ2v) is 6.40. The Morgan fingerprint density at radius 3 is 2.53 bits per heavy atom. The van der Waals surface area contributed by atoms with Gasteiger partial charge in [-0.15, -0.1) is 0 Å². The fraction of sp³-hybridized carbons (Fsp3) is 0.0769. The van der Waals surface area contributed by atoms with E-state index in [0.717, 1.165) is 6.07 Å². The third kappa shape index (κ3) is 3.05. The van der Waals surface area contributed by atoms with E-state index >= 15 is 0 Å². The standard InChI is InChI=1S/C13H11ClFNO2S/c14-11-3-1-2-4-13(11)19(17,18)8-9-7-10(15)5-6-12(9)16/h1-7H,8,16H2. The average molecular weight is 300 g/mol. The summed E-state index contributed by atoms with van der Waals surface area (Å²) >= 11 is 5.86. The molecule has 0 amide bonds. The molecule has 2 N–H and O–H groups in total. The molecule has 100 valence electrons. The highest BCUT2D eigenvalue weighted by Gasteiger charge is 2.19. The monoisotopic (exact) mass is 299 g/mol. The van der Waals surface area contributed by atoms with E-state index in [-0.39, 0.29) is 26.9 Å². The second kappa shape index (κ2) is 5.19. The Morgan fingerprint density at radius 2 is 1.84 bits per heavy atom. The van der Waals surface area contributed by atoms with E-state index in [2.05, 4.69) is 0 Å². The van der Waals surface area contributed by atoms with Crippen LogP contribution in [0.2, 0.25) is 5.02 Å². The summed E-state index contributed by atoms with van der Waals surface area (Å²) in [6.07, 6.45) is 0. The number of nitrogen functional groups attached to an aromatic ring is 1. The van der Waals surface area contributed by atoms with Crippen LogP contribution in [0.1, 0.15) is 5.56 Å². The summed E-state index contributed by atoms with van der Waals surface area (Å²) in [4.78, 5) is 0.0142. The van der Waals surface area contributed by atoms with Gasteiger partial charge in [0.05, 0.1) is 15.7 Å². The summed E-state index contributed by atoms with van der Waals surface area (Å²) < 4.78 is 37.6. The maximum absolute atomic E-state index is 13.1. The molecule has 0 aliphatic carbocycles. The first-order valence-electron chi connectivity index (χ1n) is 5.41. The minimum Gasteiger partial charge on any atom is -0.398 e. The quantitative estimate of drug-likeness (QED) is 0.886. The van der Waals surface area contributed by atoms with Gasteiger partial charge in [0.15, 0.2) is 9.84 Å². The van der Waals surface area contributed by atoms with Gasteiger partial charge < -0.3 is 5.73 Å². The zero-order chi connectivity index (χ0) is 14.0. The molecule has 2 rings (SSSR count). The molecular formula is C13H11ClFNO2S. The van der Waals surface area contributed by atoms with E-state index in [0.29, 0.717) is 0 Å². The molecule has 2 aromatic rings. The van der Waals surface area contributed by atoms with Crippen molar-refractivity contribution in [2.24, 2.45) is 0 Å². The summed E-state index contributed by atoms with van der Waals surface area (Å²) in [6.45, 7) is 0. The largest absolute Gasteiger partial charge is 0.398 e. The second-order valence-electron chi connectivity index (χ2n) is 4.03. The average Bonchev–Trinajstić information content (AvgIpc) is 2.34. The predicted molar refractivity (Wildman–Crippen MR) is 73.2 cm³/mol. The van der Waals surface area contributed by atoms with Crippen molar-refractivity contribution in [1.82, 2.24) is 0 Å². The van der Waals surface area contributed by atoms with Gasteiger partial charge in [-0.05, 0) is 35.9 Å². The highest BCUT2D eigenvalue weighted by Crippen LogP contribution is 2.26. The minimum absolute atomic E-state index is 0.0142. The van der Waals surface area contributed by atoms with Gasteiger partial charge in [-0.1, -0.05) is 23.7 Å². The molecule has 2 aromatic carbocycles. The molecule has 0 saturated heterocycles. The van der Waals surface area contributed by atoms with Crippen LogP contribution in [0.5, 0.6) is 0 Å². The highest BCUT2D eigenvalue weighted by atomic mass is 35.5. The van der Waals surface area contributed by atoms with Crippen LogP contribution in [0.25, 0.3) is 0 Å². The smallest absolute Gasteiger partial charge is 0.184 e. The van der Waals surface area contributed by atoms with Crippen LogP contribution < -0.4 is 5.73 Å².